The minimum atomic E-state index is 0.511. The standard InChI is InChI=1S/C60H38N8/c1-5-19-39(20-6-1)43-27-18-30-46(38-43)67-50-33-15-13-31-47(50)48-35-36-52-53(54(48)67)49-32-14-16-34-51(49)68(52)60-65-57(42-25-11-4-12-26-42)64-59(66-60)45-29-17-28-44(37-45)58-62-55(40-21-7-2-8-22-40)61-56(63-58)41-23-9-3-10-24-41/h1-38H. The third kappa shape index (κ3) is 6.70. The zero-order valence-corrected chi connectivity index (χ0v) is 36.5. The van der Waals surface area contributed by atoms with Crippen molar-refractivity contribution < 1.29 is 0 Å². The van der Waals surface area contributed by atoms with Crippen molar-refractivity contribution in [3.8, 4) is 79.7 Å². The Bertz CT molecular complexity index is 3960. The Morgan fingerprint density at radius 3 is 1.26 bits per heavy atom. The van der Waals surface area contributed by atoms with Crippen LogP contribution in [-0.4, -0.2) is 39.0 Å². The van der Waals surface area contributed by atoms with E-state index in [1.165, 1.54) is 16.3 Å². The van der Waals surface area contributed by atoms with Gasteiger partial charge < -0.3 is 4.57 Å². The van der Waals surface area contributed by atoms with Crippen molar-refractivity contribution in [2.24, 2.45) is 0 Å². The summed E-state index contributed by atoms with van der Waals surface area (Å²) in [5.74, 6) is 3.33. The summed E-state index contributed by atoms with van der Waals surface area (Å²) < 4.78 is 4.61. The lowest BCUT2D eigenvalue weighted by atomic mass is 10.0. The van der Waals surface area contributed by atoms with E-state index >= 15 is 0 Å². The molecule has 4 heterocycles. The van der Waals surface area contributed by atoms with E-state index in [0.717, 1.165) is 71.9 Å². The van der Waals surface area contributed by atoms with Crippen LogP contribution < -0.4 is 0 Å². The third-order valence-corrected chi connectivity index (χ3v) is 12.6. The topological polar surface area (TPSA) is 87.2 Å². The summed E-state index contributed by atoms with van der Waals surface area (Å²) in [7, 11) is 0. The van der Waals surface area contributed by atoms with E-state index in [-0.39, 0.29) is 0 Å². The second kappa shape index (κ2) is 16.2. The minimum absolute atomic E-state index is 0.511. The molecular weight excluding hydrogens is 833 g/mol. The van der Waals surface area contributed by atoms with Crippen molar-refractivity contribution in [3.63, 3.8) is 0 Å². The lowest BCUT2D eigenvalue weighted by Gasteiger charge is -2.12. The Morgan fingerprint density at radius 2 is 0.676 bits per heavy atom. The van der Waals surface area contributed by atoms with Crippen LogP contribution in [0.15, 0.2) is 231 Å². The van der Waals surface area contributed by atoms with Gasteiger partial charge in [0.2, 0.25) is 5.95 Å². The summed E-state index contributed by atoms with van der Waals surface area (Å²) in [5, 5.41) is 4.57. The number of para-hydroxylation sites is 2. The lowest BCUT2D eigenvalue weighted by molar-refractivity contribution is 0.953. The van der Waals surface area contributed by atoms with E-state index in [0.29, 0.717) is 35.1 Å². The molecule has 0 saturated heterocycles. The van der Waals surface area contributed by atoms with E-state index in [2.05, 4.69) is 130 Å². The van der Waals surface area contributed by atoms with Gasteiger partial charge in [-0.25, -0.2) is 19.9 Å². The molecule has 68 heavy (non-hydrogen) atoms. The molecule has 0 saturated carbocycles. The van der Waals surface area contributed by atoms with E-state index in [1.807, 2.05) is 109 Å². The van der Waals surface area contributed by atoms with E-state index in [1.54, 1.807) is 0 Å². The molecule has 8 nitrogen and oxygen atoms in total. The van der Waals surface area contributed by atoms with Crippen LogP contribution >= 0.6 is 0 Å². The Labute approximate surface area is 391 Å². The Kier molecular flexibility index (Phi) is 9.31. The normalized spacial score (nSPS) is 11.5. The quantitative estimate of drug-likeness (QED) is 0.151. The summed E-state index contributed by atoms with van der Waals surface area (Å²) in [6.45, 7) is 0. The van der Waals surface area contributed by atoms with Gasteiger partial charge in [-0.3, -0.25) is 4.57 Å². The average molecular weight is 871 g/mol. The molecule has 0 bridgehead atoms. The highest BCUT2D eigenvalue weighted by Crippen LogP contribution is 2.42. The predicted molar refractivity (Wildman–Crippen MR) is 275 cm³/mol. The van der Waals surface area contributed by atoms with Crippen molar-refractivity contribution in [2.45, 2.75) is 0 Å². The van der Waals surface area contributed by atoms with Crippen LogP contribution in [0.5, 0.6) is 0 Å². The maximum atomic E-state index is 5.37. The van der Waals surface area contributed by atoms with Gasteiger partial charge in [0.1, 0.15) is 0 Å². The van der Waals surface area contributed by atoms with Gasteiger partial charge in [-0.2, -0.15) is 9.97 Å². The molecule has 0 radical (unpaired) electrons. The van der Waals surface area contributed by atoms with Gasteiger partial charge in [-0.15, -0.1) is 0 Å². The van der Waals surface area contributed by atoms with Crippen molar-refractivity contribution >= 4 is 43.6 Å². The Hall–Kier alpha value is -9.40. The monoisotopic (exact) mass is 870 g/mol. The number of fused-ring (bicyclic) bond motifs is 7. The van der Waals surface area contributed by atoms with Gasteiger partial charge in [0.25, 0.3) is 0 Å². The highest BCUT2D eigenvalue weighted by molar-refractivity contribution is 6.26. The molecule has 8 heteroatoms. The molecule has 0 aliphatic rings. The van der Waals surface area contributed by atoms with E-state index < -0.39 is 0 Å². The molecule has 318 valence electrons. The average Bonchev–Trinajstić information content (AvgIpc) is 3.95. The number of benzene rings is 9. The molecule has 13 aromatic rings. The fraction of sp³-hybridized carbons (Fsp3) is 0. The first-order chi connectivity index (χ1) is 33.7. The van der Waals surface area contributed by atoms with Crippen LogP contribution in [-0.2, 0) is 0 Å². The maximum Gasteiger partial charge on any atom is 0.238 e. The highest BCUT2D eigenvalue weighted by Gasteiger charge is 2.23. The van der Waals surface area contributed by atoms with Gasteiger partial charge in [0.05, 0.1) is 22.1 Å². The second-order valence-corrected chi connectivity index (χ2v) is 16.7. The van der Waals surface area contributed by atoms with Crippen LogP contribution in [0.25, 0.3) is 123 Å². The summed E-state index contributed by atoms with van der Waals surface area (Å²) in [6, 6.07) is 79.4. The summed E-state index contributed by atoms with van der Waals surface area (Å²) in [6.07, 6.45) is 0. The van der Waals surface area contributed by atoms with Crippen LogP contribution in [0.2, 0.25) is 0 Å². The summed E-state index contributed by atoms with van der Waals surface area (Å²) in [5.41, 5.74) is 11.9. The molecule has 4 aromatic heterocycles. The summed E-state index contributed by atoms with van der Waals surface area (Å²) >= 11 is 0. The first-order valence-electron chi connectivity index (χ1n) is 22.6. The van der Waals surface area contributed by atoms with Crippen LogP contribution in [0.3, 0.4) is 0 Å². The smallest absolute Gasteiger partial charge is 0.238 e. The second-order valence-electron chi connectivity index (χ2n) is 16.7. The van der Waals surface area contributed by atoms with Crippen molar-refractivity contribution in [1.82, 2.24) is 39.0 Å². The molecule has 0 N–H and O–H groups in total. The number of hydrogen-bond donors (Lipinski definition) is 0. The molecule has 13 rings (SSSR count). The zero-order chi connectivity index (χ0) is 45.0. The molecule has 0 spiro atoms. The van der Waals surface area contributed by atoms with Crippen molar-refractivity contribution in [3.05, 3.63) is 231 Å². The Balaban J connectivity index is 1.03. The molecule has 0 amide bonds. The first-order valence-corrected chi connectivity index (χ1v) is 22.6. The SMILES string of the molecule is c1ccc(-c2cccc(-n3c4ccccc4c4ccc5c(c6ccccc6n5-c5nc(-c6ccccc6)nc(-c6cccc(-c7nc(-c8ccccc8)nc(-c8ccccc8)n7)c6)n5)c43)c2)cc1. The fourth-order valence-electron chi connectivity index (χ4n) is 9.49. The van der Waals surface area contributed by atoms with E-state index in [9.17, 15) is 0 Å². The first kappa shape index (κ1) is 39.0. The zero-order valence-electron chi connectivity index (χ0n) is 36.5. The van der Waals surface area contributed by atoms with Gasteiger partial charge >= 0.3 is 0 Å². The van der Waals surface area contributed by atoms with Gasteiger partial charge in [0, 0.05) is 55.0 Å². The van der Waals surface area contributed by atoms with Crippen molar-refractivity contribution in [1.29, 1.82) is 0 Å². The minimum Gasteiger partial charge on any atom is -0.309 e. The van der Waals surface area contributed by atoms with Gasteiger partial charge in [-0.05, 0) is 47.5 Å². The third-order valence-electron chi connectivity index (χ3n) is 12.6. The molecule has 9 aromatic carbocycles. The number of nitrogens with zero attached hydrogens (tertiary/aromatic N) is 8. The lowest BCUT2D eigenvalue weighted by Crippen LogP contribution is -2.06. The maximum absolute atomic E-state index is 5.37. The highest BCUT2D eigenvalue weighted by atomic mass is 15.2. The molecular formula is C60H38N8. The van der Waals surface area contributed by atoms with Gasteiger partial charge in [-0.1, -0.05) is 194 Å². The number of rotatable bonds is 8. The van der Waals surface area contributed by atoms with Crippen LogP contribution in [0.4, 0.5) is 0 Å². The molecule has 0 aliphatic heterocycles. The molecule has 0 atom stereocenters. The van der Waals surface area contributed by atoms with Crippen LogP contribution in [0, 0.1) is 0 Å². The number of aromatic nitrogens is 8. The van der Waals surface area contributed by atoms with Crippen molar-refractivity contribution in [2.75, 3.05) is 0 Å². The molecule has 0 unspecified atom stereocenters. The Morgan fingerprint density at radius 1 is 0.250 bits per heavy atom. The predicted octanol–water partition coefficient (Wildman–Crippen LogP) is 14.3. The number of hydrogen-bond acceptors (Lipinski definition) is 6. The largest absolute Gasteiger partial charge is 0.309 e. The molecule has 0 aliphatic carbocycles. The van der Waals surface area contributed by atoms with Gasteiger partial charge in [0.15, 0.2) is 29.1 Å². The summed E-state index contributed by atoms with van der Waals surface area (Å²) in [4.78, 5) is 30.8. The van der Waals surface area contributed by atoms with E-state index in [4.69, 9.17) is 29.9 Å². The fourth-order valence-corrected chi connectivity index (χ4v) is 9.49. The molecule has 0 fully saturated rings. The van der Waals surface area contributed by atoms with Crippen LogP contribution in [0.1, 0.15) is 0 Å².